The van der Waals surface area contributed by atoms with Gasteiger partial charge in [0.15, 0.2) is 18.2 Å². The maximum atomic E-state index is 13.5. The van der Waals surface area contributed by atoms with Crippen LogP contribution in [-0.4, -0.2) is 39.4 Å². The molecule has 0 radical (unpaired) electrons. The average molecular weight is 310 g/mol. The fourth-order valence-electron chi connectivity index (χ4n) is 1.18. The molecule has 1 aromatic rings. The standard InChI is InChI=1S/C11H13ClFNO4S/c1-3-14(2)11(15)7-18-10-5-4-8(6-9(10)13)19(12,16)17/h4-6H,3,7H2,1-2H3. The fraction of sp³-hybridized carbons (Fsp3) is 0.364. The molecule has 0 unspecified atom stereocenters. The molecule has 0 N–H and O–H groups in total. The van der Waals surface area contributed by atoms with E-state index in [9.17, 15) is 17.6 Å². The van der Waals surface area contributed by atoms with Crippen molar-refractivity contribution in [3.05, 3.63) is 24.0 Å². The van der Waals surface area contributed by atoms with Crippen LogP contribution in [0.25, 0.3) is 0 Å². The Kier molecular flexibility index (Phi) is 5.13. The Hall–Kier alpha value is -1.34. The van der Waals surface area contributed by atoms with E-state index < -0.39 is 14.9 Å². The van der Waals surface area contributed by atoms with Crippen LogP contribution in [0.4, 0.5) is 4.39 Å². The third-order valence-electron chi connectivity index (χ3n) is 2.44. The summed E-state index contributed by atoms with van der Waals surface area (Å²) in [7, 11) is 2.67. The van der Waals surface area contributed by atoms with Crippen LogP contribution in [0.1, 0.15) is 6.92 Å². The number of likely N-dealkylation sites (N-methyl/N-ethyl adjacent to an activating group) is 1. The van der Waals surface area contributed by atoms with E-state index in [0.29, 0.717) is 6.54 Å². The third kappa shape index (κ3) is 4.36. The molecular formula is C11H13ClFNO4S. The zero-order chi connectivity index (χ0) is 14.6. The molecular weight excluding hydrogens is 297 g/mol. The van der Waals surface area contributed by atoms with Gasteiger partial charge in [-0.3, -0.25) is 4.79 Å². The summed E-state index contributed by atoms with van der Waals surface area (Å²) in [6.07, 6.45) is 0. The number of rotatable bonds is 5. The summed E-state index contributed by atoms with van der Waals surface area (Å²) >= 11 is 0. The van der Waals surface area contributed by atoms with E-state index in [0.717, 1.165) is 18.2 Å². The number of nitrogens with zero attached hydrogens (tertiary/aromatic N) is 1. The molecule has 1 rings (SSSR count). The smallest absolute Gasteiger partial charge is 0.261 e. The van der Waals surface area contributed by atoms with Gasteiger partial charge in [0.2, 0.25) is 0 Å². The number of carbonyl (C=O) groups excluding carboxylic acids is 1. The number of amides is 1. The summed E-state index contributed by atoms with van der Waals surface area (Å²) in [5.74, 6) is -1.41. The van der Waals surface area contributed by atoms with Crippen LogP contribution in [0.2, 0.25) is 0 Å². The largest absolute Gasteiger partial charge is 0.481 e. The molecule has 0 aromatic heterocycles. The van der Waals surface area contributed by atoms with Gasteiger partial charge in [0.25, 0.3) is 15.0 Å². The second-order valence-electron chi connectivity index (χ2n) is 3.73. The molecule has 0 spiro atoms. The molecule has 5 nitrogen and oxygen atoms in total. The number of hydrogen-bond donors (Lipinski definition) is 0. The van der Waals surface area contributed by atoms with Crippen molar-refractivity contribution in [3.8, 4) is 5.75 Å². The van der Waals surface area contributed by atoms with E-state index in [2.05, 4.69) is 0 Å². The number of benzene rings is 1. The van der Waals surface area contributed by atoms with Crippen molar-refractivity contribution in [1.29, 1.82) is 0 Å². The predicted octanol–water partition coefficient (Wildman–Crippen LogP) is 1.61. The highest BCUT2D eigenvalue weighted by atomic mass is 35.7. The number of carbonyl (C=O) groups is 1. The van der Waals surface area contributed by atoms with Crippen molar-refractivity contribution in [2.75, 3.05) is 20.2 Å². The normalized spacial score (nSPS) is 11.2. The van der Waals surface area contributed by atoms with Crippen LogP contribution >= 0.6 is 10.7 Å². The zero-order valence-corrected chi connectivity index (χ0v) is 12.0. The van der Waals surface area contributed by atoms with Crippen LogP contribution in [-0.2, 0) is 13.8 Å². The number of ether oxygens (including phenoxy) is 1. The zero-order valence-electron chi connectivity index (χ0n) is 10.4. The molecule has 19 heavy (non-hydrogen) atoms. The lowest BCUT2D eigenvalue weighted by atomic mass is 10.3. The van der Waals surface area contributed by atoms with E-state index >= 15 is 0 Å². The van der Waals surface area contributed by atoms with E-state index in [-0.39, 0.29) is 23.2 Å². The van der Waals surface area contributed by atoms with Gasteiger partial charge in [-0.1, -0.05) is 0 Å². The average Bonchev–Trinajstić information content (AvgIpc) is 2.34. The van der Waals surface area contributed by atoms with Crippen LogP contribution in [0.15, 0.2) is 23.1 Å². The van der Waals surface area contributed by atoms with E-state index in [1.54, 1.807) is 14.0 Å². The minimum atomic E-state index is -3.99. The Balaban J connectivity index is 2.79. The lowest BCUT2D eigenvalue weighted by molar-refractivity contribution is -0.131. The first-order chi connectivity index (χ1) is 8.75. The molecule has 0 aliphatic carbocycles. The van der Waals surface area contributed by atoms with Crippen LogP contribution < -0.4 is 4.74 Å². The quantitative estimate of drug-likeness (QED) is 0.775. The molecule has 0 aliphatic heterocycles. The Morgan fingerprint density at radius 3 is 2.58 bits per heavy atom. The molecule has 0 fully saturated rings. The van der Waals surface area contributed by atoms with Crippen LogP contribution in [0, 0.1) is 5.82 Å². The first kappa shape index (κ1) is 15.7. The number of hydrogen-bond acceptors (Lipinski definition) is 4. The molecule has 1 aromatic carbocycles. The summed E-state index contributed by atoms with van der Waals surface area (Å²) in [5, 5.41) is 0. The molecule has 106 valence electrons. The molecule has 0 atom stereocenters. The van der Waals surface area contributed by atoms with Gasteiger partial charge < -0.3 is 9.64 Å². The molecule has 1 amide bonds. The third-order valence-corrected chi connectivity index (χ3v) is 3.79. The predicted molar refractivity (Wildman–Crippen MR) is 68.2 cm³/mol. The fourth-order valence-corrected chi connectivity index (χ4v) is 1.94. The van der Waals surface area contributed by atoms with E-state index in [4.69, 9.17) is 15.4 Å². The second-order valence-corrected chi connectivity index (χ2v) is 6.29. The van der Waals surface area contributed by atoms with Gasteiger partial charge in [0.05, 0.1) is 4.90 Å². The van der Waals surface area contributed by atoms with Crippen LogP contribution in [0.5, 0.6) is 5.75 Å². The van der Waals surface area contributed by atoms with Gasteiger partial charge in [0.1, 0.15) is 0 Å². The maximum absolute atomic E-state index is 13.5. The molecule has 0 bridgehead atoms. The summed E-state index contributed by atoms with van der Waals surface area (Å²) in [6.45, 7) is 1.97. The number of halogens is 2. The highest BCUT2D eigenvalue weighted by molar-refractivity contribution is 8.13. The van der Waals surface area contributed by atoms with Crippen molar-refractivity contribution in [3.63, 3.8) is 0 Å². The van der Waals surface area contributed by atoms with Gasteiger partial charge >= 0.3 is 0 Å². The first-order valence-electron chi connectivity index (χ1n) is 5.36. The Morgan fingerprint density at radius 1 is 1.47 bits per heavy atom. The van der Waals surface area contributed by atoms with Gasteiger partial charge in [-0.2, -0.15) is 0 Å². The minimum Gasteiger partial charge on any atom is -0.481 e. The Morgan fingerprint density at radius 2 is 2.11 bits per heavy atom. The minimum absolute atomic E-state index is 0.207. The Labute approximate surface area is 115 Å². The van der Waals surface area contributed by atoms with Crippen LogP contribution in [0.3, 0.4) is 0 Å². The monoisotopic (exact) mass is 309 g/mol. The van der Waals surface area contributed by atoms with Gasteiger partial charge in [0, 0.05) is 24.3 Å². The topological polar surface area (TPSA) is 63.7 Å². The van der Waals surface area contributed by atoms with E-state index in [1.165, 1.54) is 4.90 Å². The molecule has 8 heteroatoms. The van der Waals surface area contributed by atoms with Gasteiger partial charge in [-0.25, -0.2) is 12.8 Å². The van der Waals surface area contributed by atoms with Gasteiger partial charge in [-0.15, -0.1) is 0 Å². The van der Waals surface area contributed by atoms with Crippen molar-refractivity contribution in [2.45, 2.75) is 11.8 Å². The first-order valence-corrected chi connectivity index (χ1v) is 7.67. The molecule has 0 aliphatic rings. The van der Waals surface area contributed by atoms with Crippen molar-refractivity contribution in [1.82, 2.24) is 4.90 Å². The Bertz CT molecular complexity index is 576. The molecule has 0 saturated carbocycles. The second kappa shape index (κ2) is 6.21. The summed E-state index contributed by atoms with van der Waals surface area (Å²) in [6, 6.07) is 2.96. The summed E-state index contributed by atoms with van der Waals surface area (Å²) < 4.78 is 40.5. The molecule has 0 heterocycles. The lowest BCUT2D eigenvalue weighted by Crippen LogP contribution is -2.31. The highest BCUT2D eigenvalue weighted by Crippen LogP contribution is 2.23. The van der Waals surface area contributed by atoms with Crippen molar-refractivity contribution in [2.24, 2.45) is 0 Å². The summed E-state index contributed by atoms with van der Waals surface area (Å²) in [5.41, 5.74) is 0. The SMILES string of the molecule is CCN(C)C(=O)COc1ccc(S(=O)(=O)Cl)cc1F. The maximum Gasteiger partial charge on any atom is 0.261 e. The lowest BCUT2D eigenvalue weighted by Gasteiger charge is -2.15. The van der Waals surface area contributed by atoms with Crippen molar-refractivity contribution < 1.29 is 22.3 Å². The van der Waals surface area contributed by atoms with E-state index in [1.807, 2.05) is 0 Å². The van der Waals surface area contributed by atoms with Crippen molar-refractivity contribution >= 4 is 25.6 Å². The van der Waals surface area contributed by atoms with Gasteiger partial charge in [-0.05, 0) is 25.1 Å². The molecule has 0 saturated heterocycles. The summed E-state index contributed by atoms with van der Waals surface area (Å²) in [4.78, 5) is 12.5. The highest BCUT2D eigenvalue weighted by Gasteiger charge is 2.15.